The minimum absolute atomic E-state index is 0.236. The molecule has 2 aliphatic rings. The number of hydrogen-bond donors (Lipinski definition) is 0. The molecule has 1 atom stereocenters. The number of aromatic nitrogens is 2. The lowest BCUT2D eigenvalue weighted by molar-refractivity contribution is -0.159. The molecular weight excluding hydrogens is 340 g/mol. The highest BCUT2D eigenvalue weighted by Crippen LogP contribution is 2.27. The van der Waals surface area contributed by atoms with Crippen molar-refractivity contribution in [3.63, 3.8) is 0 Å². The van der Waals surface area contributed by atoms with Gasteiger partial charge in [-0.3, -0.25) is 9.59 Å². The maximum absolute atomic E-state index is 12.7. The largest absolute Gasteiger partial charge is 0.330 e. The lowest BCUT2D eigenvalue weighted by Gasteiger charge is -2.39. The van der Waals surface area contributed by atoms with Crippen molar-refractivity contribution in [2.75, 3.05) is 13.1 Å². The summed E-state index contributed by atoms with van der Waals surface area (Å²) in [5.74, 6) is -0.248. The van der Waals surface area contributed by atoms with Crippen LogP contribution in [0.4, 0.5) is 0 Å². The molecule has 0 spiro atoms. The van der Waals surface area contributed by atoms with E-state index in [1.54, 1.807) is 22.2 Å². The van der Waals surface area contributed by atoms with Crippen LogP contribution in [-0.4, -0.2) is 50.7 Å². The third kappa shape index (κ3) is 3.44. The van der Waals surface area contributed by atoms with Crippen molar-refractivity contribution >= 4 is 11.8 Å². The summed E-state index contributed by atoms with van der Waals surface area (Å²) in [6, 6.07) is 9.84. The Bertz CT molecular complexity index is 816. The molecule has 1 aliphatic carbocycles. The molecule has 2 heterocycles. The lowest BCUT2D eigenvalue weighted by Crippen LogP contribution is -2.57. The number of benzene rings is 1. The minimum atomic E-state index is -0.434. The molecule has 6 nitrogen and oxygen atoms in total. The second-order valence-corrected chi connectivity index (χ2v) is 7.31. The van der Waals surface area contributed by atoms with Crippen molar-refractivity contribution in [1.82, 2.24) is 19.8 Å². The van der Waals surface area contributed by atoms with Crippen LogP contribution in [0, 0.1) is 0 Å². The molecule has 1 aromatic heterocycles. The molecule has 1 aliphatic heterocycles. The SMILES string of the molecule is C[C@@H](c1ncc(-c2ccccc2)cn1)N1CCN(C2CCCC2)C(=O)C1=O. The summed E-state index contributed by atoms with van der Waals surface area (Å²) >= 11 is 0. The lowest BCUT2D eigenvalue weighted by atomic mass is 10.1. The van der Waals surface area contributed by atoms with Gasteiger partial charge in [0.15, 0.2) is 0 Å². The van der Waals surface area contributed by atoms with Crippen LogP contribution >= 0.6 is 0 Å². The first-order valence-corrected chi connectivity index (χ1v) is 9.64. The van der Waals surface area contributed by atoms with Gasteiger partial charge in [0.25, 0.3) is 0 Å². The molecule has 2 amide bonds. The highest BCUT2D eigenvalue weighted by Gasteiger charge is 2.39. The smallest absolute Gasteiger partial charge is 0.312 e. The van der Waals surface area contributed by atoms with Crippen LogP contribution in [0.15, 0.2) is 42.7 Å². The van der Waals surface area contributed by atoms with Crippen molar-refractivity contribution in [2.45, 2.75) is 44.7 Å². The number of carbonyl (C=O) groups excluding carboxylic acids is 2. The van der Waals surface area contributed by atoms with Gasteiger partial charge in [0.1, 0.15) is 5.82 Å². The Kier molecular flexibility index (Phi) is 4.88. The highest BCUT2D eigenvalue weighted by atomic mass is 16.2. The number of rotatable bonds is 4. The van der Waals surface area contributed by atoms with Gasteiger partial charge in [-0.1, -0.05) is 43.2 Å². The normalized spacial score (nSPS) is 19.6. The van der Waals surface area contributed by atoms with E-state index in [4.69, 9.17) is 0 Å². The van der Waals surface area contributed by atoms with Crippen molar-refractivity contribution in [3.8, 4) is 11.1 Å². The Morgan fingerprint density at radius 1 is 0.926 bits per heavy atom. The zero-order chi connectivity index (χ0) is 18.8. The van der Waals surface area contributed by atoms with Crippen molar-refractivity contribution < 1.29 is 9.59 Å². The first kappa shape index (κ1) is 17.6. The average Bonchev–Trinajstić information content (AvgIpc) is 3.25. The maximum Gasteiger partial charge on any atom is 0.312 e. The van der Waals surface area contributed by atoms with Crippen molar-refractivity contribution in [2.24, 2.45) is 0 Å². The zero-order valence-corrected chi connectivity index (χ0v) is 15.5. The molecule has 2 aromatic rings. The monoisotopic (exact) mass is 364 g/mol. The van der Waals surface area contributed by atoms with Gasteiger partial charge in [0.05, 0.1) is 6.04 Å². The van der Waals surface area contributed by atoms with E-state index in [-0.39, 0.29) is 18.0 Å². The molecule has 0 radical (unpaired) electrons. The number of nitrogens with zero attached hydrogens (tertiary/aromatic N) is 4. The van der Waals surface area contributed by atoms with E-state index < -0.39 is 5.91 Å². The summed E-state index contributed by atoms with van der Waals surface area (Å²) in [4.78, 5) is 37.6. The molecule has 0 N–H and O–H groups in total. The fourth-order valence-corrected chi connectivity index (χ4v) is 4.07. The van der Waals surface area contributed by atoms with Gasteiger partial charge in [-0.2, -0.15) is 0 Å². The molecule has 27 heavy (non-hydrogen) atoms. The quantitative estimate of drug-likeness (QED) is 0.783. The molecule has 140 valence electrons. The van der Waals surface area contributed by atoms with Gasteiger partial charge in [-0.05, 0) is 25.3 Å². The van der Waals surface area contributed by atoms with Crippen LogP contribution in [0.25, 0.3) is 11.1 Å². The number of carbonyl (C=O) groups is 2. The van der Waals surface area contributed by atoms with Crippen LogP contribution in [0.1, 0.15) is 44.5 Å². The molecule has 6 heteroatoms. The Morgan fingerprint density at radius 2 is 1.59 bits per heavy atom. The summed E-state index contributed by atoms with van der Waals surface area (Å²) < 4.78 is 0. The summed E-state index contributed by atoms with van der Waals surface area (Å²) in [5, 5.41) is 0. The fourth-order valence-electron chi connectivity index (χ4n) is 4.07. The van der Waals surface area contributed by atoms with Crippen LogP contribution in [0.3, 0.4) is 0 Å². The summed E-state index contributed by atoms with van der Waals surface area (Å²) in [7, 11) is 0. The van der Waals surface area contributed by atoms with E-state index in [0.717, 1.165) is 36.8 Å². The Hall–Kier alpha value is -2.76. The average molecular weight is 364 g/mol. The Balaban J connectivity index is 1.47. The topological polar surface area (TPSA) is 66.4 Å². The second-order valence-electron chi connectivity index (χ2n) is 7.31. The van der Waals surface area contributed by atoms with Gasteiger partial charge in [0, 0.05) is 37.1 Å². The highest BCUT2D eigenvalue weighted by molar-refractivity contribution is 6.35. The standard InChI is InChI=1S/C21H24N4O2/c1-15(19-22-13-17(14-23-19)16-7-3-2-4-8-16)24-11-12-25(21(27)20(24)26)18-9-5-6-10-18/h2-4,7-8,13-15,18H,5-6,9-12H2,1H3/t15-/m0/s1. The summed E-state index contributed by atoms with van der Waals surface area (Å²) in [5.41, 5.74) is 1.98. The van der Waals surface area contributed by atoms with E-state index >= 15 is 0 Å². The molecule has 0 bridgehead atoms. The maximum atomic E-state index is 12.7. The predicted octanol–water partition coefficient (Wildman–Crippen LogP) is 2.82. The van der Waals surface area contributed by atoms with Crippen molar-refractivity contribution in [1.29, 1.82) is 0 Å². The first-order valence-electron chi connectivity index (χ1n) is 9.64. The Labute approximate surface area is 159 Å². The minimum Gasteiger partial charge on any atom is -0.330 e. The number of piperazine rings is 1. The van der Waals surface area contributed by atoms with Gasteiger partial charge in [-0.15, -0.1) is 0 Å². The second kappa shape index (κ2) is 7.47. The molecule has 2 fully saturated rings. The molecular formula is C21H24N4O2. The first-order chi connectivity index (χ1) is 13.1. The zero-order valence-electron chi connectivity index (χ0n) is 15.5. The summed E-state index contributed by atoms with van der Waals surface area (Å²) in [6.07, 6.45) is 7.86. The molecule has 1 saturated heterocycles. The number of hydrogen-bond acceptors (Lipinski definition) is 4. The number of amides is 2. The van der Waals surface area contributed by atoms with Crippen LogP contribution < -0.4 is 0 Å². The van der Waals surface area contributed by atoms with Gasteiger partial charge < -0.3 is 9.80 Å². The predicted molar refractivity (Wildman–Crippen MR) is 102 cm³/mol. The van der Waals surface area contributed by atoms with E-state index in [9.17, 15) is 9.59 Å². The van der Waals surface area contributed by atoms with E-state index in [1.165, 1.54) is 0 Å². The summed E-state index contributed by atoms with van der Waals surface area (Å²) in [6.45, 7) is 3.02. The molecule has 1 aromatic carbocycles. The third-order valence-electron chi connectivity index (χ3n) is 5.67. The van der Waals surface area contributed by atoms with Gasteiger partial charge in [0.2, 0.25) is 0 Å². The van der Waals surface area contributed by atoms with Crippen LogP contribution in [-0.2, 0) is 9.59 Å². The van der Waals surface area contributed by atoms with Crippen molar-refractivity contribution in [3.05, 3.63) is 48.5 Å². The van der Waals surface area contributed by atoms with Crippen LogP contribution in [0.2, 0.25) is 0 Å². The van der Waals surface area contributed by atoms with Gasteiger partial charge in [-0.25, -0.2) is 9.97 Å². The molecule has 1 saturated carbocycles. The fraction of sp³-hybridized carbons (Fsp3) is 0.429. The van der Waals surface area contributed by atoms with Gasteiger partial charge >= 0.3 is 11.8 Å². The van der Waals surface area contributed by atoms with E-state index in [2.05, 4.69) is 9.97 Å². The third-order valence-corrected chi connectivity index (χ3v) is 5.67. The molecule has 0 unspecified atom stereocenters. The van der Waals surface area contributed by atoms with E-state index in [1.807, 2.05) is 37.3 Å². The molecule has 4 rings (SSSR count). The van der Waals surface area contributed by atoms with Crippen LogP contribution in [0.5, 0.6) is 0 Å². The Morgan fingerprint density at radius 3 is 2.26 bits per heavy atom. The van der Waals surface area contributed by atoms with E-state index in [0.29, 0.717) is 18.9 Å².